The normalized spacial score (nSPS) is 17.7. The summed E-state index contributed by atoms with van der Waals surface area (Å²) in [5.74, 6) is 0.890. The number of pyridine rings is 1. The Kier molecular flexibility index (Phi) is 6.59. The van der Waals surface area contributed by atoms with Gasteiger partial charge in [0.05, 0.1) is 6.10 Å². The lowest BCUT2D eigenvalue weighted by molar-refractivity contribution is 0.0378. The molecule has 1 fully saturated rings. The third-order valence-corrected chi connectivity index (χ3v) is 4.28. The molecule has 24 heavy (non-hydrogen) atoms. The lowest BCUT2D eigenvalue weighted by Gasteiger charge is -2.21. The van der Waals surface area contributed by atoms with E-state index in [-0.39, 0.29) is 12.1 Å². The number of carbonyl (C=O) groups is 1. The van der Waals surface area contributed by atoms with Crippen LogP contribution in [0.4, 0.5) is 5.82 Å². The van der Waals surface area contributed by atoms with Crippen LogP contribution in [-0.2, 0) is 4.74 Å². The van der Waals surface area contributed by atoms with Gasteiger partial charge in [0.1, 0.15) is 11.4 Å². The van der Waals surface area contributed by atoms with Crippen molar-refractivity contribution in [1.82, 2.24) is 4.98 Å². The van der Waals surface area contributed by atoms with Crippen LogP contribution in [0.15, 0.2) is 42.6 Å². The molecule has 1 aliphatic heterocycles. The maximum Gasteiger partial charge on any atom is 0.342 e. The second-order valence-electron chi connectivity index (χ2n) is 6.53. The van der Waals surface area contributed by atoms with Crippen molar-refractivity contribution < 1.29 is 9.53 Å². The van der Waals surface area contributed by atoms with Crippen LogP contribution in [0.3, 0.4) is 0 Å². The molecule has 4 heteroatoms. The molecule has 1 aromatic heterocycles. The van der Waals surface area contributed by atoms with Gasteiger partial charge in [-0.3, -0.25) is 0 Å². The molecule has 2 rings (SSSR count). The van der Waals surface area contributed by atoms with Crippen LogP contribution in [0, 0.1) is 5.92 Å². The van der Waals surface area contributed by atoms with Crippen LogP contribution in [-0.4, -0.2) is 30.1 Å². The number of carbonyl (C=O) groups excluding carboxylic acids is 1. The van der Waals surface area contributed by atoms with Crippen molar-refractivity contribution in [1.29, 1.82) is 0 Å². The molecule has 0 aliphatic carbocycles. The summed E-state index contributed by atoms with van der Waals surface area (Å²) in [6, 6.07) is 3.57. The molecule has 1 aliphatic rings. The lowest BCUT2D eigenvalue weighted by Crippen LogP contribution is -2.25. The van der Waals surface area contributed by atoms with Gasteiger partial charge in [0.15, 0.2) is 0 Å². The summed E-state index contributed by atoms with van der Waals surface area (Å²) in [5, 5.41) is 0. The SMILES string of the molecule is C=C(CC/C=C\C)[C@@H]1CCN(c2ncccc2C(=O)OC(C)C)C1. The predicted molar refractivity (Wildman–Crippen MR) is 98.3 cm³/mol. The van der Waals surface area contributed by atoms with Crippen LogP contribution < -0.4 is 4.90 Å². The Hall–Kier alpha value is -2.10. The summed E-state index contributed by atoms with van der Waals surface area (Å²) < 4.78 is 5.35. The van der Waals surface area contributed by atoms with Gasteiger partial charge >= 0.3 is 5.97 Å². The fourth-order valence-corrected chi connectivity index (χ4v) is 3.01. The van der Waals surface area contributed by atoms with Crippen molar-refractivity contribution in [2.75, 3.05) is 18.0 Å². The number of nitrogens with zero attached hydrogens (tertiary/aromatic N) is 2. The Labute approximate surface area is 145 Å². The minimum Gasteiger partial charge on any atom is -0.459 e. The van der Waals surface area contributed by atoms with E-state index in [9.17, 15) is 4.79 Å². The molecule has 0 bridgehead atoms. The first kappa shape index (κ1) is 18.2. The highest BCUT2D eigenvalue weighted by molar-refractivity contribution is 5.94. The fraction of sp³-hybridized carbons (Fsp3) is 0.500. The molecule has 2 heterocycles. The van der Waals surface area contributed by atoms with Crippen molar-refractivity contribution in [3.05, 3.63) is 48.2 Å². The number of ether oxygens (including phenoxy) is 1. The third-order valence-electron chi connectivity index (χ3n) is 4.28. The number of esters is 1. The summed E-state index contributed by atoms with van der Waals surface area (Å²) in [5.41, 5.74) is 1.84. The van der Waals surface area contributed by atoms with Crippen LogP contribution in [0.2, 0.25) is 0 Å². The predicted octanol–water partition coefficient (Wildman–Crippen LogP) is 4.39. The monoisotopic (exact) mass is 328 g/mol. The maximum absolute atomic E-state index is 12.3. The topological polar surface area (TPSA) is 42.4 Å². The van der Waals surface area contributed by atoms with Gasteiger partial charge in [-0.25, -0.2) is 9.78 Å². The number of hydrogen-bond donors (Lipinski definition) is 0. The van der Waals surface area contributed by atoms with Gasteiger partial charge in [0.25, 0.3) is 0 Å². The molecular formula is C20H28N2O2. The quantitative estimate of drug-likeness (QED) is 0.550. The lowest BCUT2D eigenvalue weighted by atomic mass is 9.96. The average Bonchev–Trinajstić information content (AvgIpc) is 3.04. The van der Waals surface area contributed by atoms with E-state index in [0.717, 1.165) is 38.2 Å². The number of aromatic nitrogens is 1. The van der Waals surface area contributed by atoms with Gasteiger partial charge in [-0.1, -0.05) is 24.3 Å². The largest absolute Gasteiger partial charge is 0.459 e. The summed E-state index contributed by atoms with van der Waals surface area (Å²) in [6.07, 6.45) is 8.97. The first-order valence-electron chi connectivity index (χ1n) is 8.72. The molecular weight excluding hydrogens is 300 g/mol. The van der Waals surface area contributed by atoms with E-state index in [1.807, 2.05) is 20.8 Å². The van der Waals surface area contributed by atoms with Gasteiger partial charge in [-0.05, 0) is 58.1 Å². The summed E-state index contributed by atoms with van der Waals surface area (Å²) in [6.45, 7) is 11.8. The van der Waals surface area contributed by atoms with E-state index in [0.29, 0.717) is 11.5 Å². The van der Waals surface area contributed by atoms with Gasteiger partial charge in [-0.15, -0.1) is 0 Å². The van der Waals surface area contributed by atoms with Crippen molar-refractivity contribution in [2.24, 2.45) is 5.92 Å². The highest BCUT2D eigenvalue weighted by Crippen LogP contribution is 2.30. The number of rotatable bonds is 7. The first-order valence-corrected chi connectivity index (χ1v) is 8.72. The zero-order valence-electron chi connectivity index (χ0n) is 15.0. The summed E-state index contributed by atoms with van der Waals surface area (Å²) in [7, 11) is 0. The fourth-order valence-electron chi connectivity index (χ4n) is 3.01. The minimum absolute atomic E-state index is 0.136. The molecule has 0 radical (unpaired) electrons. The smallest absolute Gasteiger partial charge is 0.342 e. The van der Waals surface area contributed by atoms with Crippen LogP contribution >= 0.6 is 0 Å². The van der Waals surface area contributed by atoms with Gasteiger partial charge in [-0.2, -0.15) is 0 Å². The van der Waals surface area contributed by atoms with Crippen molar-refractivity contribution >= 4 is 11.8 Å². The van der Waals surface area contributed by atoms with Crippen molar-refractivity contribution in [3.63, 3.8) is 0 Å². The zero-order chi connectivity index (χ0) is 17.5. The van der Waals surface area contributed by atoms with E-state index in [4.69, 9.17) is 4.74 Å². The van der Waals surface area contributed by atoms with E-state index in [2.05, 4.69) is 28.6 Å². The molecule has 130 valence electrons. The maximum atomic E-state index is 12.3. The van der Waals surface area contributed by atoms with Crippen molar-refractivity contribution in [2.45, 2.75) is 46.1 Å². The molecule has 1 aromatic rings. The van der Waals surface area contributed by atoms with E-state index in [1.54, 1.807) is 18.3 Å². The number of anilines is 1. The third kappa shape index (κ3) is 4.70. The second-order valence-corrected chi connectivity index (χ2v) is 6.53. The van der Waals surface area contributed by atoms with Crippen molar-refractivity contribution in [3.8, 4) is 0 Å². The van der Waals surface area contributed by atoms with Crippen LogP contribution in [0.25, 0.3) is 0 Å². The van der Waals surface area contributed by atoms with E-state index < -0.39 is 0 Å². The molecule has 0 N–H and O–H groups in total. The molecule has 0 amide bonds. The molecule has 0 spiro atoms. The Morgan fingerprint density at radius 3 is 3.04 bits per heavy atom. The van der Waals surface area contributed by atoms with Crippen LogP contribution in [0.5, 0.6) is 0 Å². The van der Waals surface area contributed by atoms with E-state index >= 15 is 0 Å². The zero-order valence-corrected chi connectivity index (χ0v) is 15.0. The Morgan fingerprint density at radius 2 is 2.33 bits per heavy atom. The van der Waals surface area contributed by atoms with Gasteiger partial charge in [0.2, 0.25) is 0 Å². The first-order chi connectivity index (χ1) is 11.5. The highest BCUT2D eigenvalue weighted by atomic mass is 16.5. The summed E-state index contributed by atoms with van der Waals surface area (Å²) in [4.78, 5) is 18.9. The standard InChI is InChI=1S/C20H28N2O2/c1-5-6-7-9-16(4)17-11-13-22(14-17)19-18(10-8-12-21-19)20(23)24-15(2)3/h5-6,8,10,12,15,17H,4,7,9,11,13-14H2,1-3H3/b6-5-/t17-/m1/s1. The molecule has 4 nitrogen and oxygen atoms in total. The molecule has 0 aromatic carbocycles. The Bertz CT molecular complexity index is 607. The molecule has 0 saturated carbocycles. The Morgan fingerprint density at radius 1 is 1.54 bits per heavy atom. The molecule has 1 atom stereocenters. The van der Waals surface area contributed by atoms with Gasteiger partial charge < -0.3 is 9.64 Å². The van der Waals surface area contributed by atoms with Gasteiger partial charge in [0, 0.05) is 19.3 Å². The summed E-state index contributed by atoms with van der Waals surface area (Å²) >= 11 is 0. The Balaban J connectivity index is 2.05. The average molecular weight is 328 g/mol. The minimum atomic E-state index is -0.302. The van der Waals surface area contributed by atoms with E-state index in [1.165, 1.54) is 5.57 Å². The second kappa shape index (κ2) is 8.67. The highest BCUT2D eigenvalue weighted by Gasteiger charge is 2.28. The molecule has 1 saturated heterocycles. The number of hydrogen-bond acceptors (Lipinski definition) is 4. The number of allylic oxidation sites excluding steroid dienone is 2. The van der Waals surface area contributed by atoms with Crippen LogP contribution in [0.1, 0.15) is 50.4 Å². The molecule has 0 unspecified atom stereocenters.